The lowest BCUT2D eigenvalue weighted by Crippen LogP contribution is -2.34. The quantitative estimate of drug-likeness (QED) is 0.508. The smallest absolute Gasteiger partial charge is 0.338 e. The van der Waals surface area contributed by atoms with Gasteiger partial charge in [0.15, 0.2) is 0 Å². The zero-order chi connectivity index (χ0) is 20.2. The Hall–Kier alpha value is -2.63. The average molecular weight is 392 g/mol. The minimum Gasteiger partial charge on any atom is -0.462 e. The third kappa shape index (κ3) is 4.21. The van der Waals surface area contributed by atoms with Crippen LogP contribution in [0.2, 0.25) is 0 Å². The predicted octanol–water partition coefficient (Wildman–Crippen LogP) is 3.92. The van der Waals surface area contributed by atoms with E-state index in [1.54, 1.807) is 0 Å². The first-order chi connectivity index (χ1) is 14.2. The number of nitrogens with one attached hydrogen (secondary N) is 2. The van der Waals surface area contributed by atoms with Gasteiger partial charge < -0.3 is 20.1 Å². The van der Waals surface area contributed by atoms with Crippen LogP contribution in [0.1, 0.15) is 52.9 Å². The Labute approximate surface area is 171 Å². The second-order valence-corrected chi connectivity index (χ2v) is 7.66. The van der Waals surface area contributed by atoms with E-state index >= 15 is 0 Å². The Kier molecular flexibility index (Phi) is 5.97. The molecule has 152 valence electrons. The summed E-state index contributed by atoms with van der Waals surface area (Å²) < 4.78 is 5.12. The normalized spacial score (nSPS) is 16.7. The van der Waals surface area contributed by atoms with Crippen LogP contribution < -0.4 is 5.32 Å². The summed E-state index contributed by atoms with van der Waals surface area (Å²) in [5.41, 5.74) is 5.49. The lowest BCUT2D eigenvalue weighted by molar-refractivity contribution is 0.0526. The van der Waals surface area contributed by atoms with Crippen molar-refractivity contribution >= 4 is 16.9 Å². The molecule has 1 aliphatic rings. The molecule has 1 heterocycles. The Balaban J connectivity index is 1.49. The molecule has 0 aliphatic heterocycles. The maximum atomic E-state index is 12.0. The molecule has 3 aromatic rings. The molecule has 3 N–H and O–H groups in total. The number of carbonyl (C=O) groups is 1. The van der Waals surface area contributed by atoms with E-state index in [1.807, 2.05) is 31.2 Å². The molecule has 2 aromatic carbocycles. The van der Waals surface area contributed by atoms with Gasteiger partial charge in [0, 0.05) is 35.8 Å². The van der Waals surface area contributed by atoms with Crippen molar-refractivity contribution in [2.75, 3.05) is 13.2 Å². The summed E-state index contributed by atoms with van der Waals surface area (Å²) in [4.78, 5) is 15.3. The number of benzene rings is 2. The minimum absolute atomic E-state index is 0.154. The van der Waals surface area contributed by atoms with E-state index in [1.165, 1.54) is 22.1 Å². The summed E-state index contributed by atoms with van der Waals surface area (Å²) in [5, 5.41) is 14.6. The molecule has 5 nitrogen and oxygen atoms in total. The first-order valence-corrected chi connectivity index (χ1v) is 10.4. The van der Waals surface area contributed by atoms with E-state index in [0.29, 0.717) is 18.6 Å². The molecule has 0 amide bonds. The van der Waals surface area contributed by atoms with Crippen molar-refractivity contribution in [3.05, 3.63) is 70.9 Å². The number of esters is 1. The summed E-state index contributed by atoms with van der Waals surface area (Å²) in [6.07, 6.45) is 5.57. The fraction of sp³-hybridized carbons (Fsp3) is 0.375. The third-order valence-electron chi connectivity index (χ3n) is 5.79. The SMILES string of the molecule is CCOC(=O)c1ccc2c(c1)CCC2NC(CCO)Cc1c[nH]c2ccccc12. The first kappa shape index (κ1) is 19.7. The molecule has 1 aromatic heterocycles. The van der Waals surface area contributed by atoms with Gasteiger partial charge in [-0.25, -0.2) is 4.79 Å². The molecular formula is C24H28N2O3. The largest absolute Gasteiger partial charge is 0.462 e. The fourth-order valence-electron chi connectivity index (χ4n) is 4.38. The molecule has 4 rings (SSSR count). The predicted molar refractivity (Wildman–Crippen MR) is 114 cm³/mol. The first-order valence-electron chi connectivity index (χ1n) is 10.4. The van der Waals surface area contributed by atoms with Gasteiger partial charge in [0.1, 0.15) is 0 Å². The van der Waals surface area contributed by atoms with Crippen LogP contribution in [0.5, 0.6) is 0 Å². The summed E-state index contributed by atoms with van der Waals surface area (Å²) in [5.74, 6) is -0.260. The number of fused-ring (bicyclic) bond motifs is 2. The molecule has 2 atom stereocenters. The second kappa shape index (κ2) is 8.80. The zero-order valence-corrected chi connectivity index (χ0v) is 16.8. The van der Waals surface area contributed by atoms with Gasteiger partial charge in [-0.1, -0.05) is 24.3 Å². The van der Waals surface area contributed by atoms with E-state index in [0.717, 1.165) is 24.8 Å². The summed E-state index contributed by atoms with van der Waals surface area (Å²) in [6.45, 7) is 2.36. The van der Waals surface area contributed by atoms with Crippen molar-refractivity contribution in [2.45, 2.75) is 44.7 Å². The van der Waals surface area contributed by atoms with E-state index in [4.69, 9.17) is 4.74 Å². The molecule has 0 saturated heterocycles. The van der Waals surface area contributed by atoms with Crippen molar-refractivity contribution in [3.8, 4) is 0 Å². The topological polar surface area (TPSA) is 74.3 Å². The molecule has 0 spiro atoms. The number of carbonyl (C=O) groups excluding carboxylic acids is 1. The van der Waals surface area contributed by atoms with Crippen LogP contribution >= 0.6 is 0 Å². The van der Waals surface area contributed by atoms with Crippen LogP contribution in [-0.4, -0.2) is 35.3 Å². The summed E-state index contributed by atoms with van der Waals surface area (Å²) in [6, 6.07) is 14.6. The summed E-state index contributed by atoms with van der Waals surface area (Å²) >= 11 is 0. The summed E-state index contributed by atoms with van der Waals surface area (Å²) in [7, 11) is 0. The van der Waals surface area contributed by atoms with Gasteiger partial charge in [-0.3, -0.25) is 0 Å². The number of aliphatic hydroxyl groups is 1. The monoisotopic (exact) mass is 392 g/mol. The number of rotatable bonds is 8. The molecule has 1 aliphatic carbocycles. The van der Waals surface area contributed by atoms with Gasteiger partial charge in [-0.15, -0.1) is 0 Å². The van der Waals surface area contributed by atoms with Crippen LogP contribution in [0.3, 0.4) is 0 Å². The molecular weight excluding hydrogens is 364 g/mol. The van der Waals surface area contributed by atoms with Crippen LogP contribution in [0.15, 0.2) is 48.7 Å². The van der Waals surface area contributed by atoms with Crippen LogP contribution in [0, 0.1) is 0 Å². The van der Waals surface area contributed by atoms with Crippen LogP contribution in [0.25, 0.3) is 10.9 Å². The highest BCUT2D eigenvalue weighted by molar-refractivity contribution is 5.89. The lowest BCUT2D eigenvalue weighted by atomic mass is 10.00. The fourth-order valence-corrected chi connectivity index (χ4v) is 4.38. The minimum atomic E-state index is -0.260. The van der Waals surface area contributed by atoms with Crippen LogP contribution in [0.4, 0.5) is 0 Å². The Bertz CT molecular complexity index is 995. The highest BCUT2D eigenvalue weighted by Gasteiger charge is 2.26. The number of hydrogen-bond acceptors (Lipinski definition) is 4. The Morgan fingerprint density at radius 1 is 1.31 bits per heavy atom. The number of aromatic amines is 1. The highest BCUT2D eigenvalue weighted by atomic mass is 16.5. The average Bonchev–Trinajstić information content (AvgIpc) is 3.32. The van der Waals surface area contributed by atoms with Gasteiger partial charge in [-0.05, 0) is 67.5 Å². The lowest BCUT2D eigenvalue weighted by Gasteiger charge is -2.23. The van der Waals surface area contributed by atoms with E-state index < -0.39 is 0 Å². The van der Waals surface area contributed by atoms with Crippen molar-refractivity contribution in [2.24, 2.45) is 0 Å². The number of para-hydroxylation sites is 1. The Morgan fingerprint density at radius 3 is 3.00 bits per heavy atom. The van der Waals surface area contributed by atoms with Gasteiger partial charge in [0.25, 0.3) is 0 Å². The Morgan fingerprint density at radius 2 is 2.17 bits per heavy atom. The molecule has 5 heteroatoms. The van der Waals surface area contributed by atoms with E-state index in [-0.39, 0.29) is 24.7 Å². The molecule has 0 saturated carbocycles. The zero-order valence-electron chi connectivity index (χ0n) is 16.8. The van der Waals surface area contributed by atoms with Gasteiger partial charge in [-0.2, -0.15) is 0 Å². The number of ether oxygens (including phenoxy) is 1. The molecule has 2 unspecified atom stereocenters. The molecule has 0 fully saturated rings. The van der Waals surface area contributed by atoms with Gasteiger partial charge in [0.05, 0.1) is 12.2 Å². The number of aromatic nitrogens is 1. The molecule has 0 radical (unpaired) electrons. The van der Waals surface area contributed by atoms with Crippen molar-refractivity contribution in [3.63, 3.8) is 0 Å². The maximum Gasteiger partial charge on any atom is 0.338 e. The van der Waals surface area contributed by atoms with Crippen molar-refractivity contribution in [1.29, 1.82) is 0 Å². The second-order valence-electron chi connectivity index (χ2n) is 7.66. The van der Waals surface area contributed by atoms with Gasteiger partial charge in [0.2, 0.25) is 0 Å². The van der Waals surface area contributed by atoms with Gasteiger partial charge >= 0.3 is 5.97 Å². The van der Waals surface area contributed by atoms with Crippen LogP contribution in [-0.2, 0) is 17.6 Å². The number of hydrogen-bond donors (Lipinski definition) is 3. The maximum absolute atomic E-state index is 12.0. The van der Waals surface area contributed by atoms with Crippen molar-refractivity contribution < 1.29 is 14.6 Å². The third-order valence-corrected chi connectivity index (χ3v) is 5.79. The molecule has 0 bridgehead atoms. The number of H-pyrrole nitrogens is 1. The number of aryl methyl sites for hydroxylation is 1. The standard InChI is InChI=1S/C24H28N2O3/c1-2-29-24(28)17-7-9-21-16(13-17)8-10-23(21)26-19(11-12-27)14-18-15-25-22-6-4-3-5-20(18)22/h3-7,9,13,15,19,23,25-27H,2,8,10-12,14H2,1H3. The molecule has 29 heavy (non-hydrogen) atoms. The number of aliphatic hydroxyl groups excluding tert-OH is 1. The van der Waals surface area contributed by atoms with E-state index in [2.05, 4.69) is 34.7 Å². The highest BCUT2D eigenvalue weighted by Crippen LogP contribution is 2.33. The van der Waals surface area contributed by atoms with Crippen molar-refractivity contribution in [1.82, 2.24) is 10.3 Å². The van der Waals surface area contributed by atoms with E-state index in [9.17, 15) is 9.90 Å².